The number of halogens is 1. The summed E-state index contributed by atoms with van der Waals surface area (Å²) in [6.07, 6.45) is 1.35. The zero-order valence-electron chi connectivity index (χ0n) is 19.1. The summed E-state index contributed by atoms with van der Waals surface area (Å²) in [6.45, 7) is 8.63. The van der Waals surface area contributed by atoms with Crippen LogP contribution in [0.3, 0.4) is 0 Å². The molecule has 1 aliphatic heterocycles. The molecule has 2 heterocycles. The molecule has 8 nitrogen and oxygen atoms in total. The van der Waals surface area contributed by atoms with E-state index in [2.05, 4.69) is 47.0 Å². The van der Waals surface area contributed by atoms with Crippen LogP contribution in [0.25, 0.3) is 0 Å². The van der Waals surface area contributed by atoms with Gasteiger partial charge in [0.25, 0.3) is 0 Å². The number of hydrogen-bond donors (Lipinski definition) is 2. The van der Waals surface area contributed by atoms with E-state index in [1.54, 1.807) is 30.3 Å². The molecule has 1 aromatic heterocycles. The first kappa shape index (κ1) is 27.5. The molecule has 0 saturated carbocycles. The topological polar surface area (TPSA) is 86.3 Å². The maximum absolute atomic E-state index is 12.0. The van der Waals surface area contributed by atoms with E-state index < -0.39 is 0 Å². The van der Waals surface area contributed by atoms with Gasteiger partial charge in [-0.25, -0.2) is 9.79 Å². The molecule has 0 radical (unpaired) electrons. The van der Waals surface area contributed by atoms with Crippen molar-refractivity contribution in [2.75, 3.05) is 46.9 Å². The van der Waals surface area contributed by atoms with E-state index in [0.29, 0.717) is 32.2 Å². The van der Waals surface area contributed by atoms with Crippen molar-refractivity contribution in [1.82, 2.24) is 20.4 Å². The number of carbonyl (C=O) groups is 2. The second kappa shape index (κ2) is 13.1. The van der Waals surface area contributed by atoms with E-state index in [4.69, 9.17) is 4.74 Å². The quantitative estimate of drug-likeness (QED) is 0.302. The summed E-state index contributed by atoms with van der Waals surface area (Å²) in [5.74, 6) is 0.579. The van der Waals surface area contributed by atoms with Crippen molar-refractivity contribution in [3.8, 4) is 0 Å². The lowest BCUT2D eigenvalue weighted by molar-refractivity contribution is -0.127. The van der Waals surface area contributed by atoms with Gasteiger partial charge in [-0.2, -0.15) is 0 Å². The van der Waals surface area contributed by atoms with Crippen LogP contribution in [0.1, 0.15) is 38.5 Å². The minimum atomic E-state index is -0.253. The number of likely N-dealkylation sites (tertiary alicyclic amines) is 1. The number of rotatable bonds is 7. The Labute approximate surface area is 206 Å². The van der Waals surface area contributed by atoms with Gasteiger partial charge in [-0.15, -0.1) is 35.3 Å². The second-order valence-electron chi connectivity index (χ2n) is 8.27. The molecule has 2 amide bonds. The van der Waals surface area contributed by atoms with Gasteiger partial charge in [0.15, 0.2) is 5.96 Å². The maximum Gasteiger partial charge on any atom is 0.409 e. The normalized spacial score (nSPS) is 15.1. The average molecular weight is 566 g/mol. The van der Waals surface area contributed by atoms with Gasteiger partial charge in [-0.1, -0.05) is 19.9 Å². The predicted octanol–water partition coefficient (Wildman–Crippen LogP) is 2.89. The molecule has 31 heavy (non-hydrogen) atoms. The third-order valence-electron chi connectivity index (χ3n) is 5.12. The standard InChI is InChI=1S/C21H35N5O3S.HI/c1-6-29-20(28)26-11-9-16(10-12-26)24-19(22-14-18(27)25(4)5)23-15-21(2,3)17-8-7-13-30-17;/h7-8,13,16H,6,9-12,14-15H2,1-5H3,(H2,22,23,24);1H. The van der Waals surface area contributed by atoms with Crippen LogP contribution in [0, 0.1) is 0 Å². The fourth-order valence-corrected chi connectivity index (χ4v) is 3.96. The third-order valence-corrected chi connectivity index (χ3v) is 6.35. The van der Waals surface area contributed by atoms with Gasteiger partial charge in [0.05, 0.1) is 6.61 Å². The van der Waals surface area contributed by atoms with Crippen LogP contribution in [-0.4, -0.2) is 80.7 Å². The van der Waals surface area contributed by atoms with E-state index in [0.717, 1.165) is 12.8 Å². The molecule has 0 bridgehead atoms. The maximum atomic E-state index is 12.0. The number of carbonyl (C=O) groups excluding carboxylic acids is 2. The Morgan fingerprint density at radius 1 is 1.32 bits per heavy atom. The molecule has 0 unspecified atom stereocenters. The SMILES string of the molecule is CCOC(=O)N1CCC(NC(=NCC(=O)N(C)C)NCC(C)(C)c2cccs2)CC1.I. The predicted molar refractivity (Wildman–Crippen MR) is 137 cm³/mol. The second-order valence-corrected chi connectivity index (χ2v) is 9.22. The molecule has 176 valence electrons. The lowest BCUT2D eigenvalue weighted by atomic mass is 9.91. The number of guanidine groups is 1. The van der Waals surface area contributed by atoms with Gasteiger partial charge in [0.2, 0.25) is 5.91 Å². The van der Waals surface area contributed by atoms with Crippen molar-refractivity contribution in [2.45, 2.75) is 45.1 Å². The van der Waals surface area contributed by atoms with E-state index in [1.807, 2.05) is 6.92 Å². The Morgan fingerprint density at radius 3 is 2.55 bits per heavy atom. The van der Waals surface area contributed by atoms with Crippen molar-refractivity contribution in [2.24, 2.45) is 4.99 Å². The van der Waals surface area contributed by atoms with Crippen LogP contribution >= 0.6 is 35.3 Å². The number of aliphatic imine (C=N–C) groups is 1. The fraction of sp³-hybridized carbons (Fsp3) is 0.667. The summed E-state index contributed by atoms with van der Waals surface area (Å²) < 4.78 is 5.09. The summed E-state index contributed by atoms with van der Waals surface area (Å²) in [5.41, 5.74) is -0.0601. The molecule has 0 aromatic carbocycles. The van der Waals surface area contributed by atoms with Crippen LogP contribution < -0.4 is 10.6 Å². The molecule has 10 heteroatoms. The smallest absolute Gasteiger partial charge is 0.409 e. The molecular formula is C21H36IN5O3S. The van der Waals surface area contributed by atoms with Gasteiger partial charge in [0, 0.05) is 50.1 Å². The lowest BCUT2D eigenvalue weighted by Gasteiger charge is -2.33. The highest BCUT2D eigenvalue weighted by atomic mass is 127. The number of nitrogens with zero attached hydrogens (tertiary/aromatic N) is 3. The summed E-state index contributed by atoms with van der Waals surface area (Å²) in [7, 11) is 3.45. The zero-order chi connectivity index (χ0) is 22.1. The number of thiophene rings is 1. The number of ether oxygens (including phenoxy) is 1. The Hall–Kier alpha value is -1.56. The molecule has 2 N–H and O–H groups in total. The summed E-state index contributed by atoms with van der Waals surface area (Å²) in [4.78, 5) is 33.0. The molecule has 1 aliphatic rings. The van der Waals surface area contributed by atoms with Crippen LogP contribution in [-0.2, 0) is 14.9 Å². The Bertz CT molecular complexity index is 717. The number of nitrogens with one attached hydrogen (secondary N) is 2. The Kier molecular flexibility index (Phi) is 11.6. The minimum absolute atomic E-state index is 0. The van der Waals surface area contributed by atoms with E-state index >= 15 is 0 Å². The zero-order valence-corrected chi connectivity index (χ0v) is 22.3. The van der Waals surface area contributed by atoms with Crippen LogP contribution in [0.2, 0.25) is 0 Å². The number of hydrogen-bond acceptors (Lipinski definition) is 5. The first-order chi connectivity index (χ1) is 14.2. The molecule has 1 aromatic rings. The molecule has 0 spiro atoms. The first-order valence-electron chi connectivity index (χ1n) is 10.4. The summed E-state index contributed by atoms with van der Waals surface area (Å²) in [6, 6.07) is 4.38. The van der Waals surface area contributed by atoms with Crippen LogP contribution in [0.15, 0.2) is 22.5 Å². The van der Waals surface area contributed by atoms with E-state index in [1.165, 1.54) is 9.78 Å². The van der Waals surface area contributed by atoms with Crippen molar-refractivity contribution in [1.29, 1.82) is 0 Å². The van der Waals surface area contributed by atoms with Crippen molar-refractivity contribution >= 4 is 53.3 Å². The number of likely N-dealkylation sites (N-methyl/N-ethyl adjacent to an activating group) is 1. The van der Waals surface area contributed by atoms with Gasteiger partial charge < -0.3 is 25.2 Å². The van der Waals surface area contributed by atoms with Gasteiger partial charge in [-0.05, 0) is 31.2 Å². The number of amides is 2. The lowest BCUT2D eigenvalue weighted by Crippen LogP contribution is -2.51. The van der Waals surface area contributed by atoms with Gasteiger partial charge in [0.1, 0.15) is 6.54 Å². The summed E-state index contributed by atoms with van der Waals surface area (Å²) in [5, 5.41) is 8.95. The molecule has 0 atom stereocenters. The van der Waals surface area contributed by atoms with Gasteiger partial charge >= 0.3 is 6.09 Å². The summed E-state index contributed by atoms with van der Waals surface area (Å²) >= 11 is 1.74. The highest BCUT2D eigenvalue weighted by molar-refractivity contribution is 14.0. The largest absolute Gasteiger partial charge is 0.450 e. The Morgan fingerprint density at radius 2 is 2.00 bits per heavy atom. The molecule has 0 aliphatic carbocycles. The highest BCUT2D eigenvalue weighted by Gasteiger charge is 2.26. The van der Waals surface area contributed by atoms with Crippen molar-refractivity contribution in [3.63, 3.8) is 0 Å². The number of piperidine rings is 1. The Balaban J connectivity index is 0.00000480. The van der Waals surface area contributed by atoms with E-state index in [9.17, 15) is 9.59 Å². The molecular weight excluding hydrogens is 529 g/mol. The van der Waals surface area contributed by atoms with Crippen molar-refractivity contribution in [3.05, 3.63) is 22.4 Å². The monoisotopic (exact) mass is 565 g/mol. The molecule has 2 rings (SSSR count). The van der Waals surface area contributed by atoms with Gasteiger partial charge in [-0.3, -0.25) is 4.79 Å². The molecule has 1 saturated heterocycles. The fourth-order valence-electron chi connectivity index (χ4n) is 3.11. The minimum Gasteiger partial charge on any atom is -0.450 e. The molecule has 1 fully saturated rings. The third kappa shape index (κ3) is 8.83. The first-order valence-corrected chi connectivity index (χ1v) is 11.3. The highest BCUT2D eigenvalue weighted by Crippen LogP contribution is 2.26. The average Bonchev–Trinajstić information content (AvgIpc) is 3.26. The van der Waals surface area contributed by atoms with Crippen molar-refractivity contribution < 1.29 is 14.3 Å². The van der Waals surface area contributed by atoms with Crippen LogP contribution in [0.5, 0.6) is 0 Å². The van der Waals surface area contributed by atoms with Crippen LogP contribution in [0.4, 0.5) is 4.79 Å². The van der Waals surface area contributed by atoms with E-state index in [-0.39, 0.29) is 54.0 Å².